The van der Waals surface area contributed by atoms with Gasteiger partial charge in [-0.15, -0.1) is 0 Å². The summed E-state index contributed by atoms with van der Waals surface area (Å²) in [6, 6.07) is 8.93. The van der Waals surface area contributed by atoms with E-state index in [9.17, 15) is 9.59 Å². The lowest BCUT2D eigenvalue weighted by Gasteiger charge is -2.14. The predicted molar refractivity (Wildman–Crippen MR) is 73.9 cm³/mol. The molecule has 0 aliphatic rings. The first-order valence-corrected chi connectivity index (χ1v) is 6.69. The first-order valence-electron chi connectivity index (χ1n) is 6.69. The minimum absolute atomic E-state index is 0.202. The summed E-state index contributed by atoms with van der Waals surface area (Å²) in [7, 11) is 0. The SMILES string of the molecule is CCCC[C@H](NC(=O)CCc1ccccc1)C(=O)O. The van der Waals surface area contributed by atoms with E-state index in [0.717, 1.165) is 18.4 Å². The fourth-order valence-corrected chi connectivity index (χ4v) is 1.83. The van der Waals surface area contributed by atoms with E-state index >= 15 is 0 Å². The molecule has 1 amide bonds. The fraction of sp³-hybridized carbons (Fsp3) is 0.467. The first kappa shape index (κ1) is 15.2. The van der Waals surface area contributed by atoms with Crippen LogP contribution >= 0.6 is 0 Å². The van der Waals surface area contributed by atoms with E-state index in [1.165, 1.54) is 0 Å². The van der Waals surface area contributed by atoms with Gasteiger partial charge in [-0.3, -0.25) is 4.79 Å². The van der Waals surface area contributed by atoms with Crippen LogP contribution in [0.2, 0.25) is 0 Å². The molecule has 0 heterocycles. The summed E-state index contributed by atoms with van der Waals surface area (Å²) in [4.78, 5) is 22.7. The Morgan fingerprint density at radius 3 is 2.53 bits per heavy atom. The maximum absolute atomic E-state index is 11.7. The smallest absolute Gasteiger partial charge is 0.326 e. The summed E-state index contributed by atoms with van der Waals surface area (Å²) in [5.41, 5.74) is 1.08. The summed E-state index contributed by atoms with van der Waals surface area (Å²) in [6.07, 6.45) is 3.16. The largest absolute Gasteiger partial charge is 0.480 e. The Morgan fingerprint density at radius 1 is 1.26 bits per heavy atom. The summed E-state index contributed by atoms with van der Waals surface area (Å²) < 4.78 is 0. The molecule has 2 N–H and O–H groups in total. The van der Waals surface area contributed by atoms with Crippen molar-refractivity contribution in [2.24, 2.45) is 0 Å². The molecule has 1 aromatic carbocycles. The van der Waals surface area contributed by atoms with Crippen molar-refractivity contribution in [3.63, 3.8) is 0 Å². The predicted octanol–water partition coefficient (Wildman–Crippen LogP) is 2.38. The van der Waals surface area contributed by atoms with E-state index in [-0.39, 0.29) is 5.91 Å². The highest BCUT2D eigenvalue weighted by molar-refractivity contribution is 5.83. The van der Waals surface area contributed by atoms with Crippen LogP contribution < -0.4 is 5.32 Å². The van der Waals surface area contributed by atoms with Gasteiger partial charge in [0.05, 0.1) is 0 Å². The Labute approximate surface area is 113 Å². The fourth-order valence-electron chi connectivity index (χ4n) is 1.83. The second-order valence-corrected chi connectivity index (χ2v) is 4.59. The molecule has 1 rings (SSSR count). The third kappa shape index (κ3) is 6.04. The quantitative estimate of drug-likeness (QED) is 0.756. The van der Waals surface area contributed by atoms with E-state index in [1.807, 2.05) is 37.3 Å². The number of hydrogen-bond donors (Lipinski definition) is 2. The molecule has 1 aromatic rings. The van der Waals surface area contributed by atoms with Gasteiger partial charge in [0.2, 0.25) is 5.91 Å². The number of hydrogen-bond acceptors (Lipinski definition) is 2. The van der Waals surface area contributed by atoms with E-state index in [4.69, 9.17) is 5.11 Å². The molecule has 0 bridgehead atoms. The molecule has 0 saturated heterocycles. The number of carbonyl (C=O) groups excluding carboxylic acids is 1. The van der Waals surface area contributed by atoms with Crippen LogP contribution in [0.15, 0.2) is 30.3 Å². The van der Waals surface area contributed by atoms with Gasteiger partial charge in [-0.25, -0.2) is 4.79 Å². The van der Waals surface area contributed by atoms with Gasteiger partial charge in [0.25, 0.3) is 0 Å². The Balaban J connectivity index is 2.38. The second-order valence-electron chi connectivity index (χ2n) is 4.59. The van der Waals surface area contributed by atoms with E-state index in [1.54, 1.807) is 0 Å². The van der Waals surface area contributed by atoms with Crippen LogP contribution in [-0.4, -0.2) is 23.0 Å². The third-order valence-electron chi connectivity index (χ3n) is 2.96. The average Bonchev–Trinajstić information content (AvgIpc) is 2.42. The highest BCUT2D eigenvalue weighted by Crippen LogP contribution is 2.04. The van der Waals surface area contributed by atoms with Crippen molar-refractivity contribution in [2.75, 3.05) is 0 Å². The monoisotopic (exact) mass is 263 g/mol. The number of aryl methyl sites for hydroxylation is 1. The highest BCUT2D eigenvalue weighted by Gasteiger charge is 2.18. The van der Waals surface area contributed by atoms with Gasteiger partial charge in [-0.1, -0.05) is 50.1 Å². The number of carboxylic acid groups (broad SMARTS) is 1. The van der Waals surface area contributed by atoms with Gasteiger partial charge in [-0.2, -0.15) is 0 Å². The van der Waals surface area contributed by atoms with Gasteiger partial charge < -0.3 is 10.4 Å². The Morgan fingerprint density at radius 2 is 1.95 bits per heavy atom. The summed E-state index contributed by atoms with van der Waals surface area (Å²) in [5.74, 6) is -1.16. The summed E-state index contributed by atoms with van der Waals surface area (Å²) in [6.45, 7) is 2.00. The number of amides is 1. The van der Waals surface area contributed by atoms with Crippen LogP contribution in [0, 0.1) is 0 Å². The van der Waals surface area contributed by atoms with Crippen molar-refractivity contribution >= 4 is 11.9 Å². The third-order valence-corrected chi connectivity index (χ3v) is 2.96. The molecule has 0 aromatic heterocycles. The highest BCUT2D eigenvalue weighted by atomic mass is 16.4. The van der Waals surface area contributed by atoms with Crippen LogP contribution in [0.3, 0.4) is 0 Å². The van der Waals surface area contributed by atoms with Crippen LogP contribution in [0.4, 0.5) is 0 Å². The number of aliphatic carboxylic acids is 1. The van der Waals surface area contributed by atoms with Crippen molar-refractivity contribution in [1.82, 2.24) is 5.32 Å². The lowest BCUT2D eigenvalue weighted by molar-refractivity contribution is -0.142. The molecule has 1 atom stereocenters. The molecule has 4 heteroatoms. The standard InChI is InChI=1S/C15H21NO3/c1-2-3-9-13(15(18)19)16-14(17)11-10-12-7-5-4-6-8-12/h4-8,13H,2-3,9-11H2,1H3,(H,16,17)(H,18,19)/t13-/m0/s1. The molecule has 0 aliphatic heterocycles. The Kier molecular flexibility index (Phi) is 6.64. The number of benzene rings is 1. The first-order chi connectivity index (χ1) is 9.13. The van der Waals surface area contributed by atoms with Gasteiger partial charge in [0.15, 0.2) is 0 Å². The zero-order chi connectivity index (χ0) is 14.1. The molecule has 104 valence electrons. The van der Waals surface area contributed by atoms with E-state index in [2.05, 4.69) is 5.32 Å². The van der Waals surface area contributed by atoms with E-state index in [0.29, 0.717) is 19.3 Å². The van der Waals surface area contributed by atoms with Crippen molar-refractivity contribution in [3.8, 4) is 0 Å². The molecule has 0 spiro atoms. The van der Waals surface area contributed by atoms with Crippen LogP contribution in [0.5, 0.6) is 0 Å². The minimum atomic E-state index is -0.957. The molecule has 0 radical (unpaired) electrons. The topological polar surface area (TPSA) is 66.4 Å². The zero-order valence-corrected chi connectivity index (χ0v) is 11.3. The number of carbonyl (C=O) groups is 2. The number of carboxylic acids is 1. The normalized spacial score (nSPS) is 11.8. The van der Waals surface area contributed by atoms with Crippen molar-refractivity contribution in [1.29, 1.82) is 0 Å². The molecular weight excluding hydrogens is 242 g/mol. The van der Waals surface area contributed by atoms with Gasteiger partial charge in [-0.05, 0) is 18.4 Å². The summed E-state index contributed by atoms with van der Waals surface area (Å²) in [5, 5.41) is 11.6. The van der Waals surface area contributed by atoms with Crippen LogP contribution in [0.1, 0.15) is 38.2 Å². The molecule has 4 nitrogen and oxygen atoms in total. The Hall–Kier alpha value is -1.84. The molecule has 19 heavy (non-hydrogen) atoms. The lowest BCUT2D eigenvalue weighted by atomic mass is 10.1. The van der Waals surface area contributed by atoms with Crippen molar-refractivity contribution in [2.45, 2.75) is 45.1 Å². The number of nitrogens with one attached hydrogen (secondary N) is 1. The number of unbranched alkanes of at least 4 members (excludes halogenated alkanes) is 1. The molecule has 0 unspecified atom stereocenters. The maximum Gasteiger partial charge on any atom is 0.326 e. The molecular formula is C15H21NO3. The van der Waals surface area contributed by atoms with Crippen LogP contribution in [-0.2, 0) is 16.0 Å². The molecule has 0 fully saturated rings. The molecule has 0 aliphatic carbocycles. The average molecular weight is 263 g/mol. The van der Waals surface area contributed by atoms with Crippen molar-refractivity contribution < 1.29 is 14.7 Å². The maximum atomic E-state index is 11.7. The Bertz CT molecular complexity index is 403. The van der Waals surface area contributed by atoms with E-state index < -0.39 is 12.0 Å². The molecule has 0 saturated carbocycles. The lowest BCUT2D eigenvalue weighted by Crippen LogP contribution is -2.40. The number of rotatable bonds is 8. The van der Waals surface area contributed by atoms with Gasteiger partial charge >= 0.3 is 5.97 Å². The van der Waals surface area contributed by atoms with Gasteiger partial charge in [0.1, 0.15) is 6.04 Å². The van der Waals surface area contributed by atoms with Crippen molar-refractivity contribution in [3.05, 3.63) is 35.9 Å². The van der Waals surface area contributed by atoms with Gasteiger partial charge in [0, 0.05) is 6.42 Å². The van der Waals surface area contributed by atoms with Crippen LogP contribution in [0.25, 0.3) is 0 Å². The minimum Gasteiger partial charge on any atom is -0.480 e. The summed E-state index contributed by atoms with van der Waals surface area (Å²) >= 11 is 0. The zero-order valence-electron chi connectivity index (χ0n) is 11.3. The second kappa shape index (κ2) is 8.29.